The Labute approximate surface area is 87.6 Å². The van der Waals surface area contributed by atoms with E-state index in [0.717, 1.165) is 0 Å². The van der Waals surface area contributed by atoms with Gasteiger partial charge < -0.3 is 4.74 Å². The van der Waals surface area contributed by atoms with Crippen LogP contribution in [0.4, 0.5) is 26.3 Å². The summed E-state index contributed by atoms with van der Waals surface area (Å²) in [5.74, 6) is -6.39. The first kappa shape index (κ1) is 15.0. The minimum Gasteiger partial charge on any atom is -0.462 e. The third-order valence-electron chi connectivity index (χ3n) is 1.78. The van der Waals surface area contributed by atoms with E-state index in [0.29, 0.717) is 0 Å². The van der Waals surface area contributed by atoms with E-state index < -0.39 is 30.3 Å². The Morgan fingerprint density at radius 1 is 1.12 bits per heavy atom. The summed E-state index contributed by atoms with van der Waals surface area (Å²) in [6, 6.07) is 0. The van der Waals surface area contributed by atoms with Crippen molar-refractivity contribution in [2.75, 3.05) is 0 Å². The highest BCUT2D eigenvalue weighted by molar-refractivity contribution is 5.74. The van der Waals surface area contributed by atoms with Crippen LogP contribution in [0, 0.1) is 5.92 Å². The molecular weight excluding hydrogens is 242 g/mol. The van der Waals surface area contributed by atoms with Gasteiger partial charge in [-0.05, 0) is 13.3 Å². The van der Waals surface area contributed by atoms with Gasteiger partial charge in [-0.2, -0.15) is 26.3 Å². The lowest BCUT2D eigenvalue weighted by atomic mass is 10.1. The summed E-state index contributed by atoms with van der Waals surface area (Å²) in [7, 11) is 0. The fourth-order valence-electron chi connectivity index (χ4n) is 0.802. The largest absolute Gasteiger partial charge is 0.462 e. The third kappa shape index (κ3) is 4.28. The average Bonchev–Trinajstić information content (AvgIpc) is 1.97. The number of hydrogen-bond acceptors (Lipinski definition) is 2. The van der Waals surface area contributed by atoms with Crippen LogP contribution >= 0.6 is 0 Å². The summed E-state index contributed by atoms with van der Waals surface area (Å²) in [4.78, 5) is 10.7. The van der Waals surface area contributed by atoms with Gasteiger partial charge in [0.05, 0.1) is 6.10 Å². The SMILES string of the molecule is CC[C@H](C)OC(=O)C(C(F)(F)F)C(F)(F)F. The normalized spacial score (nSPS) is 15.1. The predicted octanol–water partition coefficient (Wildman–Crippen LogP) is 3.07. The number of alkyl halides is 6. The number of carbonyl (C=O) groups is 1. The second kappa shape index (κ2) is 4.92. The van der Waals surface area contributed by atoms with E-state index >= 15 is 0 Å². The highest BCUT2D eigenvalue weighted by atomic mass is 19.4. The van der Waals surface area contributed by atoms with Crippen molar-refractivity contribution in [1.29, 1.82) is 0 Å². The Hall–Kier alpha value is -0.950. The Morgan fingerprint density at radius 2 is 1.50 bits per heavy atom. The smallest absolute Gasteiger partial charge is 0.411 e. The van der Waals surface area contributed by atoms with E-state index in [1.165, 1.54) is 13.8 Å². The van der Waals surface area contributed by atoms with Crippen LogP contribution in [0.5, 0.6) is 0 Å². The molecule has 0 unspecified atom stereocenters. The molecule has 0 heterocycles. The predicted molar refractivity (Wildman–Crippen MR) is 41.4 cm³/mol. The molecule has 2 nitrogen and oxygen atoms in total. The Balaban J connectivity index is 4.87. The van der Waals surface area contributed by atoms with Crippen LogP contribution in [-0.4, -0.2) is 24.4 Å². The van der Waals surface area contributed by atoms with Gasteiger partial charge in [0.1, 0.15) is 0 Å². The zero-order chi connectivity index (χ0) is 13.1. The van der Waals surface area contributed by atoms with Gasteiger partial charge in [0, 0.05) is 0 Å². The van der Waals surface area contributed by atoms with Crippen LogP contribution in [0.1, 0.15) is 20.3 Å². The molecule has 0 aliphatic heterocycles. The van der Waals surface area contributed by atoms with Crippen molar-refractivity contribution in [3.8, 4) is 0 Å². The van der Waals surface area contributed by atoms with E-state index in [1.54, 1.807) is 0 Å². The lowest BCUT2D eigenvalue weighted by molar-refractivity contribution is -0.283. The molecule has 0 aromatic carbocycles. The molecule has 0 aromatic heterocycles. The van der Waals surface area contributed by atoms with Crippen molar-refractivity contribution in [2.45, 2.75) is 38.7 Å². The van der Waals surface area contributed by atoms with Crippen LogP contribution < -0.4 is 0 Å². The van der Waals surface area contributed by atoms with Gasteiger partial charge in [0.2, 0.25) is 5.92 Å². The van der Waals surface area contributed by atoms with Crippen molar-refractivity contribution < 1.29 is 35.9 Å². The zero-order valence-electron chi connectivity index (χ0n) is 8.45. The maximum absolute atomic E-state index is 12.0. The molecule has 0 aliphatic rings. The maximum atomic E-state index is 12.0. The molecule has 16 heavy (non-hydrogen) atoms. The van der Waals surface area contributed by atoms with Gasteiger partial charge in [-0.3, -0.25) is 4.79 Å². The first-order chi connectivity index (χ1) is 7.00. The summed E-state index contributed by atoms with van der Waals surface area (Å²) in [5.41, 5.74) is 0. The van der Waals surface area contributed by atoms with Crippen molar-refractivity contribution in [1.82, 2.24) is 0 Å². The van der Waals surface area contributed by atoms with E-state index in [-0.39, 0.29) is 6.42 Å². The summed E-state index contributed by atoms with van der Waals surface area (Å²) < 4.78 is 76.0. The third-order valence-corrected chi connectivity index (χ3v) is 1.78. The van der Waals surface area contributed by atoms with Gasteiger partial charge in [-0.25, -0.2) is 0 Å². The first-order valence-corrected chi connectivity index (χ1v) is 4.34. The second-order valence-electron chi connectivity index (χ2n) is 3.17. The number of halogens is 6. The van der Waals surface area contributed by atoms with E-state index in [2.05, 4.69) is 4.74 Å². The highest BCUT2D eigenvalue weighted by Gasteiger charge is 2.62. The van der Waals surface area contributed by atoms with Gasteiger partial charge in [-0.1, -0.05) is 6.92 Å². The minimum atomic E-state index is -5.69. The summed E-state index contributed by atoms with van der Waals surface area (Å²) in [6.45, 7) is 2.68. The van der Waals surface area contributed by atoms with Gasteiger partial charge in [0.15, 0.2) is 0 Å². The van der Waals surface area contributed by atoms with Crippen LogP contribution in [0.15, 0.2) is 0 Å². The molecule has 0 saturated carbocycles. The Bertz CT molecular complexity index is 230. The lowest BCUT2D eigenvalue weighted by Crippen LogP contribution is -2.44. The molecule has 0 radical (unpaired) electrons. The maximum Gasteiger partial charge on any atom is 0.411 e. The summed E-state index contributed by atoms with van der Waals surface area (Å²) in [5, 5.41) is 0. The molecule has 0 aliphatic carbocycles. The van der Waals surface area contributed by atoms with Crippen LogP contribution in [0.25, 0.3) is 0 Å². The molecule has 0 fully saturated rings. The number of esters is 1. The van der Waals surface area contributed by atoms with Crippen molar-refractivity contribution in [3.63, 3.8) is 0 Å². The van der Waals surface area contributed by atoms with Gasteiger partial charge in [0.25, 0.3) is 0 Å². The molecule has 0 rings (SSSR count). The van der Waals surface area contributed by atoms with Crippen LogP contribution in [0.2, 0.25) is 0 Å². The summed E-state index contributed by atoms with van der Waals surface area (Å²) in [6.07, 6.45) is -12.2. The van der Waals surface area contributed by atoms with E-state index in [4.69, 9.17) is 0 Å². The number of carbonyl (C=O) groups excluding carboxylic acids is 1. The molecule has 0 aromatic rings. The van der Waals surface area contributed by atoms with Gasteiger partial charge >= 0.3 is 18.3 Å². The van der Waals surface area contributed by atoms with Crippen LogP contribution in [0.3, 0.4) is 0 Å². The minimum absolute atomic E-state index is 0.133. The van der Waals surface area contributed by atoms with E-state index in [1.807, 2.05) is 0 Å². The topological polar surface area (TPSA) is 26.3 Å². The van der Waals surface area contributed by atoms with Crippen molar-refractivity contribution in [3.05, 3.63) is 0 Å². The molecular formula is C8H10F6O2. The lowest BCUT2D eigenvalue weighted by Gasteiger charge is -2.22. The number of ether oxygens (including phenoxy) is 1. The Kier molecular flexibility index (Phi) is 4.63. The second-order valence-corrected chi connectivity index (χ2v) is 3.17. The molecule has 1 atom stereocenters. The highest BCUT2D eigenvalue weighted by Crippen LogP contribution is 2.40. The van der Waals surface area contributed by atoms with E-state index in [9.17, 15) is 31.1 Å². The fraction of sp³-hybridized carbons (Fsp3) is 0.875. The molecule has 0 amide bonds. The number of hydrogen-bond donors (Lipinski definition) is 0. The quantitative estimate of drug-likeness (QED) is 0.570. The molecule has 0 bridgehead atoms. The van der Waals surface area contributed by atoms with Crippen molar-refractivity contribution >= 4 is 5.97 Å². The molecule has 96 valence electrons. The molecule has 0 spiro atoms. The zero-order valence-corrected chi connectivity index (χ0v) is 8.45. The molecule has 0 N–H and O–H groups in total. The monoisotopic (exact) mass is 252 g/mol. The van der Waals surface area contributed by atoms with Crippen LogP contribution in [-0.2, 0) is 9.53 Å². The van der Waals surface area contributed by atoms with Crippen molar-refractivity contribution in [2.24, 2.45) is 5.92 Å². The standard InChI is InChI=1S/C8H10F6O2/c1-3-4(2)16-6(15)5(7(9,10)11)8(12,13)14/h4-5H,3H2,1-2H3/t4-/m0/s1. The number of rotatable bonds is 3. The molecule has 0 saturated heterocycles. The first-order valence-electron chi connectivity index (χ1n) is 4.34. The Morgan fingerprint density at radius 3 is 1.75 bits per heavy atom. The summed E-state index contributed by atoms with van der Waals surface area (Å²) >= 11 is 0. The van der Waals surface area contributed by atoms with Gasteiger partial charge in [-0.15, -0.1) is 0 Å². The fourth-order valence-corrected chi connectivity index (χ4v) is 0.802. The average molecular weight is 252 g/mol. The molecule has 8 heteroatoms.